The molecule has 0 amide bonds. The topological polar surface area (TPSA) is 119 Å². The zero-order valence-electron chi connectivity index (χ0n) is 25.3. The van der Waals surface area contributed by atoms with Gasteiger partial charge in [0.1, 0.15) is 28.7 Å². The Morgan fingerprint density at radius 3 is 1.84 bits per heavy atom. The molecule has 0 bridgehead atoms. The van der Waals surface area contributed by atoms with Crippen molar-refractivity contribution in [3.63, 3.8) is 0 Å². The summed E-state index contributed by atoms with van der Waals surface area (Å²) in [6, 6.07) is 18.9. The number of carbonyl (C=O) groups excluding carboxylic acids is 2. The van der Waals surface area contributed by atoms with Crippen molar-refractivity contribution in [2.75, 3.05) is 33.2 Å². The van der Waals surface area contributed by atoms with Crippen molar-refractivity contribution in [1.82, 2.24) is 0 Å². The predicted molar refractivity (Wildman–Crippen MR) is 167 cm³/mol. The summed E-state index contributed by atoms with van der Waals surface area (Å²) in [6.45, 7) is 10.1. The fourth-order valence-corrected chi connectivity index (χ4v) is 3.73. The number of esters is 2. The van der Waals surface area contributed by atoms with Gasteiger partial charge in [0.05, 0.1) is 32.0 Å². The number of benzene rings is 3. The first-order valence-corrected chi connectivity index (χ1v) is 14.4. The molecule has 3 aromatic carbocycles. The monoisotopic (exact) mass is 618 g/mol. The normalized spacial score (nSPS) is 10.2. The van der Waals surface area contributed by atoms with Crippen molar-refractivity contribution in [3.05, 3.63) is 109 Å². The molecule has 0 atom stereocenters. The molecule has 0 aliphatic heterocycles. The van der Waals surface area contributed by atoms with Crippen LogP contribution in [0.5, 0.6) is 28.7 Å². The van der Waals surface area contributed by atoms with Gasteiger partial charge in [-0.3, -0.25) is 0 Å². The third-order valence-corrected chi connectivity index (χ3v) is 6.13. The van der Waals surface area contributed by atoms with E-state index in [1.807, 2.05) is 19.1 Å². The molecule has 1 N–H and O–H groups in total. The molecular weight excluding hydrogens is 580 g/mol. The molecule has 0 heterocycles. The van der Waals surface area contributed by atoms with Crippen LogP contribution in [-0.2, 0) is 14.3 Å². The molecule has 238 valence electrons. The molecule has 0 spiro atoms. The van der Waals surface area contributed by atoms with Gasteiger partial charge in [-0.25, -0.2) is 9.59 Å². The summed E-state index contributed by atoms with van der Waals surface area (Å²) in [6.07, 6.45) is 4.00. The number of aliphatic hydroxyl groups excluding tert-OH is 1. The Labute approximate surface area is 263 Å². The summed E-state index contributed by atoms with van der Waals surface area (Å²) in [5.41, 5.74) is 3.42. The lowest BCUT2D eigenvalue weighted by Gasteiger charge is -2.12. The van der Waals surface area contributed by atoms with Crippen molar-refractivity contribution in [3.8, 4) is 28.7 Å². The largest absolute Gasteiger partial charge is 0.494 e. The lowest BCUT2D eigenvalue weighted by molar-refractivity contribution is -0.137. The SMILES string of the molecule is C=C=C(O)OCCCCOc1ccc(OCOc2ccc(OC(=O)c3ccc(OCCCCOC(=O)C=C)cc3)cc2C)cc1. The molecule has 45 heavy (non-hydrogen) atoms. The molecule has 3 aromatic rings. The van der Waals surface area contributed by atoms with Crippen molar-refractivity contribution in [2.24, 2.45) is 0 Å². The number of unbranched alkanes of at least 4 members (excludes halogenated alkanes) is 2. The highest BCUT2D eigenvalue weighted by Gasteiger charge is 2.11. The molecular formula is C35H38O10. The van der Waals surface area contributed by atoms with E-state index in [1.54, 1.807) is 54.6 Å². The summed E-state index contributed by atoms with van der Waals surface area (Å²) in [5, 5.41) is 9.13. The van der Waals surface area contributed by atoms with E-state index >= 15 is 0 Å². The second-order valence-electron chi connectivity index (χ2n) is 9.53. The summed E-state index contributed by atoms with van der Waals surface area (Å²) >= 11 is 0. The third-order valence-electron chi connectivity index (χ3n) is 6.13. The molecule has 0 unspecified atom stereocenters. The van der Waals surface area contributed by atoms with Crippen LogP contribution in [0.4, 0.5) is 0 Å². The van der Waals surface area contributed by atoms with Crippen LogP contribution in [0.3, 0.4) is 0 Å². The van der Waals surface area contributed by atoms with Crippen molar-refractivity contribution < 1.29 is 47.9 Å². The van der Waals surface area contributed by atoms with E-state index in [2.05, 4.69) is 18.9 Å². The van der Waals surface area contributed by atoms with Gasteiger partial charge in [0.25, 0.3) is 0 Å². The first-order valence-electron chi connectivity index (χ1n) is 14.4. The highest BCUT2D eigenvalue weighted by molar-refractivity contribution is 5.91. The summed E-state index contributed by atoms with van der Waals surface area (Å²) < 4.78 is 38.2. The lowest BCUT2D eigenvalue weighted by Crippen LogP contribution is -2.09. The van der Waals surface area contributed by atoms with Gasteiger partial charge in [-0.1, -0.05) is 6.58 Å². The standard InChI is InChI=1S/C35H38O10/c1-4-33(36)41-22-8-6-20-39-28-12-10-27(11-13-28)35(38)45-31-18-19-32(26(3)24-31)44-25-43-30-16-14-29(15-17-30)40-21-7-9-23-42-34(37)5-2/h4,10-19,24,37H,1-2,6-9,20-23,25H2,3H3. The maximum absolute atomic E-state index is 12.6. The number of aryl methyl sites for hydroxylation is 1. The van der Waals surface area contributed by atoms with E-state index in [0.717, 1.165) is 24.5 Å². The highest BCUT2D eigenvalue weighted by Crippen LogP contribution is 2.25. The van der Waals surface area contributed by atoms with Gasteiger partial charge in [0.15, 0.2) is 0 Å². The Kier molecular flexibility index (Phi) is 14.5. The van der Waals surface area contributed by atoms with Gasteiger partial charge < -0.3 is 38.3 Å². The maximum Gasteiger partial charge on any atom is 0.343 e. The van der Waals surface area contributed by atoms with Crippen LogP contribution < -0.4 is 23.7 Å². The molecule has 10 heteroatoms. The Hall–Kier alpha value is -5.34. The minimum Gasteiger partial charge on any atom is -0.494 e. The minimum atomic E-state index is -0.496. The van der Waals surface area contributed by atoms with E-state index in [-0.39, 0.29) is 12.7 Å². The van der Waals surface area contributed by atoms with Crippen LogP contribution in [0.15, 0.2) is 97.6 Å². The van der Waals surface area contributed by atoms with Gasteiger partial charge in [-0.05, 0) is 117 Å². The summed E-state index contributed by atoms with van der Waals surface area (Å²) in [7, 11) is 0. The zero-order valence-corrected chi connectivity index (χ0v) is 25.3. The predicted octanol–water partition coefficient (Wildman–Crippen LogP) is 6.88. The van der Waals surface area contributed by atoms with Crippen LogP contribution in [0.25, 0.3) is 0 Å². The number of carbonyl (C=O) groups is 2. The van der Waals surface area contributed by atoms with E-state index in [9.17, 15) is 9.59 Å². The molecule has 0 aromatic heterocycles. The van der Waals surface area contributed by atoms with Crippen LogP contribution in [-0.4, -0.2) is 50.3 Å². The van der Waals surface area contributed by atoms with Gasteiger partial charge >= 0.3 is 17.9 Å². The number of hydrogen-bond acceptors (Lipinski definition) is 10. The molecule has 0 aliphatic carbocycles. The van der Waals surface area contributed by atoms with E-state index in [4.69, 9.17) is 38.3 Å². The Bertz CT molecular complexity index is 1420. The molecule has 3 rings (SSSR count). The average molecular weight is 619 g/mol. The fourth-order valence-electron chi connectivity index (χ4n) is 3.73. The molecule has 0 saturated heterocycles. The van der Waals surface area contributed by atoms with Gasteiger partial charge in [0.2, 0.25) is 6.79 Å². The van der Waals surface area contributed by atoms with Crippen LogP contribution >= 0.6 is 0 Å². The fraction of sp³-hybridized carbons (Fsp3) is 0.286. The Balaban J connectivity index is 1.35. The quantitative estimate of drug-likeness (QED) is 0.0273. The first kappa shape index (κ1) is 34.2. The lowest BCUT2D eigenvalue weighted by atomic mass is 10.2. The van der Waals surface area contributed by atoms with Crippen molar-refractivity contribution in [1.29, 1.82) is 0 Å². The number of ether oxygens (including phenoxy) is 7. The minimum absolute atomic E-state index is 0.0106. The van der Waals surface area contributed by atoms with E-state index in [1.165, 1.54) is 0 Å². The van der Waals surface area contributed by atoms with Crippen LogP contribution in [0.1, 0.15) is 41.6 Å². The molecule has 0 aliphatic rings. The number of hydrogen-bond donors (Lipinski definition) is 1. The van der Waals surface area contributed by atoms with Gasteiger partial charge in [-0.15, -0.1) is 0 Å². The van der Waals surface area contributed by atoms with Crippen molar-refractivity contribution in [2.45, 2.75) is 32.6 Å². The zero-order chi connectivity index (χ0) is 32.3. The Morgan fingerprint density at radius 1 is 0.733 bits per heavy atom. The van der Waals surface area contributed by atoms with E-state index in [0.29, 0.717) is 73.6 Å². The second-order valence-corrected chi connectivity index (χ2v) is 9.53. The Morgan fingerprint density at radius 2 is 1.27 bits per heavy atom. The summed E-state index contributed by atoms with van der Waals surface area (Å²) in [5.74, 6) is 1.70. The van der Waals surface area contributed by atoms with E-state index < -0.39 is 11.9 Å². The van der Waals surface area contributed by atoms with Gasteiger partial charge in [-0.2, -0.15) is 0 Å². The molecule has 0 radical (unpaired) electrons. The number of rotatable bonds is 20. The number of aliphatic hydroxyl groups is 1. The van der Waals surface area contributed by atoms with Crippen molar-refractivity contribution >= 4 is 11.9 Å². The third kappa shape index (κ3) is 12.8. The molecule has 10 nitrogen and oxygen atoms in total. The average Bonchev–Trinajstić information content (AvgIpc) is 3.05. The summed E-state index contributed by atoms with van der Waals surface area (Å²) in [4.78, 5) is 23.6. The van der Waals surface area contributed by atoms with Crippen LogP contribution in [0.2, 0.25) is 0 Å². The second kappa shape index (κ2) is 19.0. The first-order chi connectivity index (χ1) is 21.9. The van der Waals surface area contributed by atoms with Gasteiger partial charge in [0, 0.05) is 6.08 Å². The smallest absolute Gasteiger partial charge is 0.343 e. The molecule has 0 fully saturated rings. The highest BCUT2D eigenvalue weighted by atomic mass is 16.7. The van der Waals surface area contributed by atoms with Crippen LogP contribution in [0, 0.1) is 6.92 Å². The molecule has 0 saturated carbocycles. The maximum atomic E-state index is 12.6.